The van der Waals surface area contributed by atoms with Crippen molar-refractivity contribution in [2.75, 3.05) is 43.8 Å². The molecule has 1 saturated heterocycles. The van der Waals surface area contributed by atoms with Crippen molar-refractivity contribution in [3.05, 3.63) is 41.0 Å². The van der Waals surface area contributed by atoms with Crippen LogP contribution in [0.4, 0.5) is 5.82 Å². The van der Waals surface area contributed by atoms with Crippen LogP contribution in [0.3, 0.4) is 0 Å². The predicted octanol–water partition coefficient (Wildman–Crippen LogP) is 1.52. The fourth-order valence-corrected chi connectivity index (χ4v) is 4.69. The lowest BCUT2D eigenvalue weighted by molar-refractivity contribution is -0.117. The highest BCUT2D eigenvalue weighted by Crippen LogP contribution is 2.27. The van der Waals surface area contributed by atoms with Crippen LogP contribution in [0, 0.1) is 25.2 Å². The van der Waals surface area contributed by atoms with E-state index < -0.39 is 10.0 Å². The number of furan rings is 1. The van der Waals surface area contributed by atoms with Gasteiger partial charge in [-0.2, -0.15) is 9.57 Å². The molecule has 0 radical (unpaired) electrons. The summed E-state index contributed by atoms with van der Waals surface area (Å²) in [6, 6.07) is 5.83. The molecule has 1 aliphatic rings. The topological polar surface area (TPSA) is 112 Å². The zero-order valence-electron chi connectivity index (χ0n) is 17.5. The SMILES string of the molecule is CCS(=O)(=O)N1CCN(CC(=O)Nc2c(C#N)c(C)c(C)n2Cc2ccco2)CC1. The minimum Gasteiger partial charge on any atom is -0.467 e. The maximum Gasteiger partial charge on any atom is 0.239 e. The maximum atomic E-state index is 12.7. The van der Waals surface area contributed by atoms with E-state index in [4.69, 9.17) is 4.42 Å². The Morgan fingerprint density at radius 3 is 2.53 bits per heavy atom. The molecular formula is C20H27N5O4S. The largest absolute Gasteiger partial charge is 0.467 e. The number of carbonyl (C=O) groups is 1. The minimum absolute atomic E-state index is 0.0791. The third-order valence-corrected chi connectivity index (χ3v) is 7.43. The number of nitrogens with one attached hydrogen (secondary N) is 1. The van der Waals surface area contributed by atoms with Crippen LogP contribution in [0.2, 0.25) is 0 Å². The summed E-state index contributed by atoms with van der Waals surface area (Å²) >= 11 is 0. The molecule has 0 spiro atoms. The summed E-state index contributed by atoms with van der Waals surface area (Å²) in [5, 5.41) is 12.5. The van der Waals surface area contributed by atoms with Crippen LogP contribution >= 0.6 is 0 Å². The van der Waals surface area contributed by atoms with Gasteiger partial charge in [0, 0.05) is 31.9 Å². The second-order valence-corrected chi connectivity index (χ2v) is 9.59. The summed E-state index contributed by atoms with van der Waals surface area (Å²) in [6.07, 6.45) is 1.59. The van der Waals surface area contributed by atoms with E-state index >= 15 is 0 Å². The average Bonchev–Trinajstić information content (AvgIpc) is 3.31. The monoisotopic (exact) mass is 433 g/mol. The van der Waals surface area contributed by atoms with E-state index in [1.165, 1.54) is 4.31 Å². The molecule has 0 bridgehead atoms. The Labute approximate surface area is 176 Å². The molecule has 2 aromatic rings. The number of aromatic nitrogens is 1. The van der Waals surface area contributed by atoms with Crippen LogP contribution in [0.5, 0.6) is 0 Å². The summed E-state index contributed by atoms with van der Waals surface area (Å²) in [6.45, 7) is 7.66. The van der Waals surface area contributed by atoms with Gasteiger partial charge < -0.3 is 14.3 Å². The number of anilines is 1. The lowest BCUT2D eigenvalue weighted by Gasteiger charge is -2.33. The van der Waals surface area contributed by atoms with Gasteiger partial charge >= 0.3 is 0 Å². The number of nitrogens with zero attached hydrogens (tertiary/aromatic N) is 4. The molecule has 1 fully saturated rings. The second-order valence-electron chi connectivity index (χ2n) is 7.34. The van der Waals surface area contributed by atoms with Crippen molar-refractivity contribution in [1.29, 1.82) is 5.26 Å². The molecule has 1 aliphatic heterocycles. The molecule has 1 amide bonds. The highest BCUT2D eigenvalue weighted by molar-refractivity contribution is 7.89. The van der Waals surface area contributed by atoms with Crippen molar-refractivity contribution in [2.45, 2.75) is 27.3 Å². The molecule has 0 atom stereocenters. The molecule has 10 heteroatoms. The van der Waals surface area contributed by atoms with Gasteiger partial charge in [0.2, 0.25) is 15.9 Å². The molecule has 3 heterocycles. The Morgan fingerprint density at radius 1 is 1.27 bits per heavy atom. The Hall–Kier alpha value is -2.61. The van der Waals surface area contributed by atoms with E-state index in [9.17, 15) is 18.5 Å². The van der Waals surface area contributed by atoms with Crippen LogP contribution in [-0.4, -0.2) is 66.6 Å². The van der Waals surface area contributed by atoms with E-state index in [0.717, 1.165) is 17.0 Å². The first-order valence-electron chi connectivity index (χ1n) is 9.89. The highest BCUT2D eigenvalue weighted by atomic mass is 32.2. The number of piperazine rings is 1. The van der Waals surface area contributed by atoms with Gasteiger partial charge in [0.05, 0.1) is 30.7 Å². The van der Waals surface area contributed by atoms with Crippen molar-refractivity contribution in [2.24, 2.45) is 0 Å². The van der Waals surface area contributed by atoms with Crippen molar-refractivity contribution in [3.8, 4) is 6.07 Å². The van der Waals surface area contributed by atoms with Crippen LogP contribution in [-0.2, 0) is 21.4 Å². The van der Waals surface area contributed by atoms with Gasteiger partial charge in [-0.05, 0) is 38.5 Å². The third kappa shape index (κ3) is 4.59. The lowest BCUT2D eigenvalue weighted by Crippen LogP contribution is -2.50. The maximum absolute atomic E-state index is 12.7. The van der Waals surface area contributed by atoms with Gasteiger partial charge in [-0.15, -0.1) is 0 Å². The van der Waals surface area contributed by atoms with Gasteiger partial charge in [0.15, 0.2) is 0 Å². The van der Waals surface area contributed by atoms with E-state index in [2.05, 4.69) is 11.4 Å². The van der Waals surface area contributed by atoms with E-state index in [1.54, 1.807) is 19.3 Å². The van der Waals surface area contributed by atoms with Crippen molar-refractivity contribution in [3.63, 3.8) is 0 Å². The summed E-state index contributed by atoms with van der Waals surface area (Å²) in [7, 11) is -3.21. The van der Waals surface area contributed by atoms with E-state index in [0.29, 0.717) is 44.1 Å². The molecule has 162 valence electrons. The smallest absolute Gasteiger partial charge is 0.239 e. The summed E-state index contributed by atoms with van der Waals surface area (Å²) < 4.78 is 32.7. The van der Waals surface area contributed by atoms with Gasteiger partial charge in [0.1, 0.15) is 17.6 Å². The minimum atomic E-state index is -3.21. The Kier molecular flexibility index (Phi) is 6.65. The van der Waals surface area contributed by atoms with Gasteiger partial charge in [-0.25, -0.2) is 8.42 Å². The molecule has 2 aromatic heterocycles. The molecule has 1 N–H and O–H groups in total. The Morgan fingerprint density at radius 2 is 1.97 bits per heavy atom. The molecular weight excluding hydrogens is 406 g/mol. The van der Waals surface area contributed by atoms with Crippen LogP contribution in [0.25, 0.3) is 0 Å². The van der Waals surface area contributed by atoms with Crippen LogP contribution in [0.1, 0.15) is 29.5 Å². The second kappa shape index (κ2) is 9.04. The fraction of sp³-hybridized carbons (Fsp3) is 0.500. The van der Waals surface area contributed by atoms with Gasteiger partial charge in [-0.1, -0.05) is 0 Å². The number of hydrogen-bond acceptors (Lipinski definition) is 6. The zero-order chi connectivity index (χ0) is 21.9. The number of amides is 1. The van der Waals surface area contributed by atoms with Gasteiger partial charge in [0.25, 0.3) is 0 Å². The van der Waals surface area contributed by atoms with Crippen LogP contribution in [0.15, 0.2) is 22.8 Å². The standard InChI is InChI=1S/C20H27N5O4S/c1-4-30(27,28)24-9-7-23(8-10-24)14-19(26)22-20-18(12-21)15(2)16(3)25(20)13-17-6-5-11-29-17/h5-6,11H,4,7-10,13-14H2,1-3H3,(H,22,26). The molecule has 30 heavy (non-hydrogen) atoms. The van der Waals surface area contributed by atoms with Crippen molar-refractivity contribution >= 4 is 21.7 Å². The van der Waals surface area contributed by atoms with E-state index in [1.807, 2.05) is 29.4 Å². The Bertz CT molecular complexity index is 1040. The molecule has 0 aromatic carbocycles. The normalized spacial score (nSPS) is 15.8. The average molecular weight is 434 g/mol. The fourth-order valence-electron chi connectivity index (χ4n) is 3.61. The van der Waals surface area contributed by atoms with Crippen molar-refractivity contribution < 1.29 is 17.6 Å². The first-order valence-corrected chi connectivity index (χ1v) is 11.5. The molecule has 0 unspecified atom stereocenters. The number of carbonyl (C=O) groups excluding carboxylic acids is 1. The Balaban J connectivity index is 1.70. The lowest BCUT2D eigenvalue weighted by atomic mass is 10.2. The number of nitriles is 1. The summed E-state index contributed by atoms with van der Waals surface area (Å²) in [5.74, 6) is 1.02. The predicted molar refractivity (Wildman–Crippen MR) is 113 cm³/mol. The zero-order valence-corrected chi connectivity index (χ0v) is 18.3. The summed E-state index contributed by atoms with van der Waals surface area (Å²) in [4.78, 5) is 14.6. The number of hydrogen-bond donors (Lipinski definition) is 1. The number of sulfonamides is 1. The quantitative estimate of drug-likeness (QED) is 0.709. The molecule has 0 saturated carbocycles. The highest BCUT2D eigenvalue weighted by Gasteiger charge is 2.27. The van der Waals surface area contributed by atoms with Crippen molar-refractivity contribution in [1.82, 2.24) is 13.8 Å². The first kappa shape index (κ1) is 22.1. The number of rotatable bonds is 7. The summed E-state index contributed by atoms with van der Waals surface area (Å²) in [5.41, 5.74) is 2.14. The molecule has 0 aliphatic carbocycles. The van der Waals surface area contributed by atoms with E-state index in [-0.39, 0.29) is 18.2 Å². The third-order valence-electron chi connectivity index (χ3n) is 5.55. The van der Waals surface area contributed by atoms with Crippen LogP contribution < -0.4 is 5.32 Å². The molecule has 3 rings (SSSR count). The van der Waals surface area contributed by atoms with Gasteiger partial charge in [-0.3, -0.25) is 9.69 Å². The molecule has 9 nitrogen and oxygen atoms in total. The first-order chi connectivity index (χ1) is 14.3.